The van der Waals surface area contributed by atoms with Gasteiger partial charge in [0, 0.05) is 0 Å². The Bertz CT molecular complexity index is 326. The average Bonchev–Trinajstić information content (AvgIpc) is 2.19. The number of para-hydroxylation sites is 1. The minimum Gasteiger partial charge on any atom is -0.526 e. The molecule has 0 heterocycles. The molecule has 4 nitrogen and oxygen atoms in total. The zero-order valence-corrected chi connectivity index (χ0v) is 7.47. The van der Waals surface area contributed by atoms with E-state index < -0.39 is 5.91 Å². The molecule has 1 amide bonds. The number of hydrogen-bond acceptors (Lipinski definition) is 3. The van der Waals surface area contributed by atoms with Gasteiger partial charge in [-0.3, -0.25) is 4.79 Å². The molecule has 14 heavy (non-hydrogen) atoms. The molecule has 1 rings (SSSR count). The highest BCUT2D eigenvalue weighted by atomic mass is 16.6. The zero-order chi connectivity index (χ0) is 10.4. The quantitative estimate of drug-likeness (QED) is 0.420. The van der Waals surface area contributed by atoms with E-state index in [0.29, 0.717) is 5.75 Å². The van der Waals surface area contributed by atoms with Crippen LogP contribution >= 0.6 is 0 Å². The predicted molar refractivity (Wildman–Crippen MR) is 52.2 cm³/mol. The molecular formula is C9H9BNO3. The van der Waals surface area contributed by atoms with Crippen LogP contribution in [0.3, 0.4) is 0 Å². The number of rotatable bonds is 5. The number of hydrogen-bond donors (Lipinski definition) is 1. The van der Waals surface area contributed by atoms with Crippen molar-refractivity contribution in [3.05, 3.63) is 42.7 Å². The van der Waals surface area contributed by atoms with Crippen molar-refractivity contribution in [3.63, 3.8) is 0 Å². The smallest absolute Gasteiger partial charge is 0.526 e. The van der Waals surface area contributed by atoms with Gasteiger partial charge in [-0.25, -0.2) is 0 Å². The summed E-state index contributed by atoms with van der Waals surface area (Å²) < 4.78 is 9.70. The highest BCUT2D eigenvalue weighted by molar-refractivity contribution is 6.21. The summed E-state index contributed by atoms with van der Waals surface area (Å²) >= 11 is 0. The predicted octanol–water partition coefficient (Wildman–Crippen LogP) is 0.615. The fourth-order valence-electron chi connectivity index (χ4n) is 0.695. The standard InChI is InChI=1S/C9H9BNO3/c1-7(9(11)12)13-10-14-8-5-3-2-4-6-8/h2-6H,1H2,(H2,11,12). The second-order valence-corrected chi connectivity index (χ2v) is 2.43. The van der Waals surface area contributed by atoms with Gasteiger partial charge in [-0.2, -0.15) is 0 Å². The highest BCUT2D eigenvalue weighted by Crippen LogP contribution is 2.07. The van der Waals surface area contributed by atoms with Crippen LogP contribution in [0.25, 0.3) is 0 Å². The summed E-state index contributed by atoms with van der Waals surface area (Å²) in [6.07, 6.45) is 0. The van der Waals surface area contributed by atoms with Crippen molar-refractivity contribution in [2.75, 3.05) is 0 Å². The number of carbonyl (C=O) groups excluding carboxylic acids is 1. The van der Waals surface area contributed by atoms with E-state index in [-0.39, 0.29) is 5.76 Å². The van der Waals surface area contributed by atoms with Gasteiger partial charge in [0.2, 0.25) is 0 Å². The zero-order valence-electron chi connectivity index (χ0n) is 7.47. The van der Waals surface area contributed by atoms with E-state index in [2.05, 4.69) is 6.58 Å². The van der Waals surface area contributed by atoms with Gasteiger partial charge in [0.1, 0.15) is 5.75 Å². The lowest BCUT2D eigenvalue weighted by Crippen LogP contribution is -2.18. The largest absolute Gasteiger partial charge is 0.658 e. The number of nitrogens with two attached hydrogens (primary N) is 1. The Kier molecular flexibility index (Phi) is 3.61. The van der Waals surface area contributed by atoms with E-state index >= 15 is 0 Å². The third-order valence-corrected chi connectivity index (χ3v) is 1.39. The molecule has 0 spiro atoms. The third kappa shape index (κ3) is 3.22. The summed E-state index contributed by atoms with van der Waals surface area (Å²) in [6, 6.07) is 8.97. The lowest BCUT2D eigenvalue weighted by molar-refractivity contribution is -0.116. The monoisotopic (exact) mass is 190 g/mol. The van der Waals surface area contributed by atoms with E-state index in [9.17, 15) is 4.79 Å². The fourth-order valence-corrected chi connectivity index (χ4v) is 0.695. The second-order valence-electron chi connectivity index (χ2n) is 2.43. The first-order valence-corrected chi connectivity index (χ1v) is 3.89. The molecule has 0 aliphatic rings. The highest BCUT2D eigenvalue weighted by Gasteiger charge is 2.05. The third-order valence-electron chi connectivity index (χ3n) is 1.39. The summed E-state index contributed by atoms with van der Waals surface area (Å²) in [5.74, 6) is -0.288. The minimum atomic E-state index is -0.724. The average molecular weight is 190 g/mol. The molecule has 0 unspecified atom stereocenters. The lowest BCUT2D eigenvalue weighted by atomic mass is 10.3. The molecule has 0 saturated carbocycles. The first-order chi connectivity index (χ1) is 6.70. The van der Waals surface area contributed by atoms with Gasteiger partial charge in [0.05, 0.1) is 0 Å². The van der Waals surface area contributed by atoms with Crippen molar-refractivity contribution in [2.45, 2.75) is 0 Å². The Labute approximate surface area is 82.6 Å². The van der Waals surface area contributed by atoms with Gasteiger partial charge in [-0.05, 0) is 12.1 Å². The van der Waals surface area contributed by atoms with Crippen LogP contribution in [-0.4, -0.2) is 13.6 Å². The van der Waals surface area contributed by atoms with Crippen molar-refractivity contribution in [1.82, 2.24) is 0 Å². The van der Waals surface area contributed by atoms with E-state index in [4.69, 9.17) is 15.0 Å². The number of benzene rings is 1. The van der Waals surface area contributed by atoms with Crippen molar-refractivity contribution < 1.29 is 14.1 Å². The van der Waals surface area contributed by atoms with Crippen LogP contribution < -0.4 is 10.4 Å². The molecule has 1 aromatic rings. The van der Waals surface area contributed by atoms with Crippen LogP contribution in [0.15, 0.2) is 42.7 Å². The summed E-state index contributed by atoms with van der Waals surface area (Å²) in [5, 5.41) is 0. The van der Waals surface area contributed by atoms with Gasteiger partial charge in [-0.1, -0.05) is 24.8 Å². The summed E-state index contributed by atoms with van der Waals surface area (Å²) in [4.78, 5) is 10.5. The maximum absolute atomic E-state index is 10.5. The minimum absolute atomic E-state index is 0.166. The van der Waals surface area contributed by atoms with Gasteiger partial charge in [-0.15, -0.1) is 0 Å². The van der Waals surface area contributed by atoms with Crippen LogP contribution in [0.1, 0.15) is 0 Å². The maximum Gasteiger partial charge on any atom is 0.658 e. The Morgan fingerprint density at radius 3 is 2.57 bits per heavy atom. The molecule has 0 atom stereocenters. The van der Waals surface area contributed by atoms with E-state index in [1.165, 1.54) is 0 Å². The van der Waals surface area contributed by atoms with Gasteiger partial charge in [0.25, 0.3) is 5.91 Å². The topological polar surface area (TPSA) is 61.6 Å². The Balaban J connectivity index is 2.29. The first kappa shape index (κ1) is 10.2. The fraction of sp³-hybridized carbons (Fsp3) is 0. The Hall–Kier alpha value is -1.91. The Morgan fingerprint density at radius 1 is 1.36 bits per heavy atom. The van der Waals surface area contributed by atoms with Crippen LogP contribution in [0.5, 0.6) is 5.75 Å². The number of primary amides is 1. The van der Waals surface area contributed by atoms with Crippen molar-refractivity contribution in [2.24, 2.45) is 5.73 Å². The molecule has 0 fully saturated rings. The lowest BCUT2D eigenvalue weighted by Gasteiger charge is -2.05. The van der Waals surface area contributed by atoms with Crippen LogP contribution in [0.4, 0.5) is 0 Å². The molecule has 0 saturated heterocycles. The van der Waals surface area contributed by atoms with Crippen molar-refractivity contribution in [1.29, 1.82) is 0 Å². The maximum atomic E-state index is 10.5. The number of amides is 1. The van der Waals surface area contributed by atoms with E-state index in [0.717, 1.165) is 7.69 Å². The molecule has 0 bridgehead atoms. The number of carbonyl (C=O) groups is 1. The molecule has 71 valence electrons. The normalized spacial score (nSPS) is 8.86. The summed E-state index contributed by atoms with van der Waals surface area (Å²) in [6.45, 7) is 3.28. The molecule has 0 aliphatic carbocycles. The molecule has 1 radical (unpaired) electrons. The van der Waals surface area contributed by atoms with E-state index in [1.807, 2.05) is 18.2 Å². The Morgan fingerprint density at radius 2 is 2.00 bits per heavy atom. The molecular weight excluding hydrogens is 181 g/mol. The van der Waals surface area contributed by atoms with Crippen molar-refractivity contribution in [3.8, 4) is 5.75 Å². The van der Waals surface area contributed by atoms with E-state index in [1.54, 1.807) is 12.1 Å². The van der Waals surface area contributed by atoms with Gasteiger partial charge < -0.3 is 15.0 Å². The van der Waals surface area contributed by atoms with Crippen LogP contribution in [-0.2, 0) is 9.45 Å². The van der Waals surface area contributed by atoms with Crippen LogP contribution in [0.2, 0.25) is 0 Å². The first-order valence-electron chi connectivity index (χ1n) is 3.89. The van der Waals surface area contributed by atoms with Crippen molar-refractivity contribution >= 4 is 13.6 Å². The SMILES string of the molecule is C=C(O[B]Oc1ccccc1)C(N)=O. The summed E-state index contributed by atoms with van der Waals surface area (Å²) in [5.41, 5.74) is 4.88. The molecule has 2 N–H and O–H groups in total. The molecule has 0 aliphatic heterocycles. The second kappa shape index (κ2) is 4.96. The molecule has 5 heteroatoms. The van der Waals surface area contributed by atoms with Crippen LogP contribution in [0, 0.1) is 0 Å². The summed E-state index contributed by atoms with van der Waals surface area (Å²) in [7, 11) is 1.00. The van der Waals surface area contributed by atoms with Gasteiger partial charge in [0.15, 0.2) is 5.76 Å². The molecule has 1 aromatic carbocycles. The molecule has 0 aromatic heterocycles. The van der Waals surface area contributed by atoms with Gasteiger partial charge >= 0.3 is 7.69 Å².